The van der Waals surface area contributed by atoms with Gasteiger partial charge in [0.25, 0.3) is 0 Å². The van der Waals surface area contributed by atoms with Crippen molar-refractivity contribution in [3.05, 3.63) is 47.9 Å². The largest absolute Gasteiger partial charge is 0.464 e. The molecule has 19 heavy (non-hydrogen) atoms. The lowest BCUT2D eigenvalue weighted by Gasteiger charge is -2.16. The first-order valence-corrected chi connectivity index (χ1v) is 5.97. The van der Waals surface area contributed by atoms with Crippen LogP contribution in [0.1, 0.15) is 11.5 Å². The number of carbonyl (C=O) groups excluding carboxylic acids is 1. The maximum Gasteiger partial charge on any atom is 0.321 e. The molecular formula is C14H17N3O2. The van der Waals surface area contributed by atoms with Crippen molar-refractivity contribution < 1.29 is 9.21 Å². The summed E-state index contributed by atoms with van der Waals surface area (Å²) < 4.78 is 5.43. The summed E-state index contributed by atoms with van der Waals surface area (Å²) >= 11 is 0. The number of urea groups is 1. The summed E-state index contributed by atoms with van der Waals surface area (Å²) in [6.45, 7) is 2.30. The molecule has 0 aliphatic carbocycles. The zero-order valence-corrected chi connectivity index (χ0v) is 11.0. The lowest BCUT2D eigenvalue weighted by Crippen LogP contribution is -2.30. The van der Waals surface area contributed by atoms with Crippen LogP contribution in [0.2, 0.25) is 0 Å². The number of benzene rings is 1. The van der Waals surface area contributed by atoms with Crippen LogP contribution < -0.4 is 11.1 Å². The van der Waals surface area contributed by atoms with Crippen LogP contribution in [0.5, 0.6) is 0 Å². The van der Waals surface area contributed by atoms with E-state index in [1.807, 2.05) is 19.1 Å². The van der Waals surface area contributed by atoms with Crippen LogP contribution in [0.3, 0.4) is 0 Å². The molecule has 0 aliphatic heterocycles. The van der Waals surface area contributed by atoms with Gasteiger partial charge < -0.3 is 20.4 Å². The molecule has 3 N–H and O–H groups in total. The van der Waals surface area contributed by atoms with Crippen molar-refractivity contribution in [2.75, 3.05) is 18.1 Å². The number of nitrogen functional groups attached to an aromatic ring is 1. The van der Waals surface area contributed by atoms with E-state index in [-0.39, 0.29) is 6.03 Å². The maximum atomic E-state index is 12.0. The number of amides is 2. The zero-order chi connectivity index (χ0) is 13.8. The molecule has 0 bridgehead atoms. The number of carbonyl (C=O) groups is 1. The Morgan fingerprint density at radius 3 is 2.53 bits per heavy atom. The first kappa shape index (κ1) is 13.0. The molecule has 2 rings (SSSR count). The SMILES string of the molecule is Cc1ccc(CN(C)C(=O)Nc2ccc(N)cc2)o1. The van der Waals surface area contributed by atoms with Crippen molar-refractivity contribution in [2.45, 2.75) is 13.5 Å². The van der Waals surface area contributed by atoms with E-state index in [1.54, 1.807) is 36.2 Å². The van der Waals surface area contributed by atoms with Gasteiger partial charge in [-0.3, -0.25) is 0 Å². The fourth-order valence-electron chi connectivity index (χ4n) is 1.66. The molecule has 0 radical (unpaired) electrons. The van der Waals surface area contributed by atoms with Gasteiger partial charge in [-0.25, -0.2) is 4.79 Å². The van der Waals surface area contributed by atoms with Crippen LogP contribution in [0.4, 0.5) is 16.2 Å². The zero-order valence-electron chi connectivity index (χ0n) is 11.0. The van der Waals surface area contributed by atoms with E-state index in [9.17, 15) is 4.79 Å². The molecule has 0 saturated carbocycles. The molecule has 0 aliphatic rings. The van der Waals surface area contributed by atoms with Crippen molar-refractivity contribution in [2.24, 2.45) is 0 Å². The van der Waals surface area contributed by atoms with E-state index < -0.39 is 0 Å². The van der Waals surface area contributed by atoms with Gasteiger partial charge in [-0.05, 0) is 43.3 Å². The number of rotatable bonds is 3. The molecule has 1 aromatic carbocycles. The summed E-state index contributed by atoms with van der Waals surface area (Å²) in [5.41, 5.74) is 6.96. The molecular weight excluding hydrogens is 242 g/mol. The third kappa shape index (κ3) is 3.51. The van der Waals surface area contributed by atoms with Gasteiger partial charge in [0.1, 0.15) is 11.5 Å². The fraction of sp³-hybridized carbons (Fsp3) is 0.214. The van der Waals surface area contributed by atoms with E-state index in [0.29, 0.717) is 17.9 Å². The van der Waals surface area contributed by atoms with E-state index in [0.717, 1.165) is 11.5 Å². The van der Waals surface area contributed by atoms with Crippen LogP contribution in [0.25, 0.3) is 0 Å². The van der Waals surface area contributed by atoms with E-state index in [4.69, 9.17) is 10.2 Å². The van der Waals surface area contributed by atoms with Gasteiger partial charge in [-0.15, -0.1) is 0 Å². The van der Waals surface area contributed by atoms with Crippen LogP contribution in [-0.2, 0) is 6.54 Å². The first-order chi connectivity index (χ1) is 9.04. The topological polar surface area (TPSA) is 71.5 Å². The molecule has 2 amide bonds. The van der Waals surface area contributed by atoms with E-state index >= 15 is 0 Å². The molecule has 2 aromatic rings. The highest BCUT2D eigenvalue weighted by Gasteiger charge is 2.11. The standard InChI is InChI=1S/C14H17N3O2/c1-10-3-8-13(19-10)9-17(2)14(18)16-12-6-4-11(15)5-7-12/h3-8H,9,15H2,1-2H3,(H,16,18). The normalized spacial score (nSPS) is 10.2. The molecule has 0 spiro atoms. The molecule has 5 heteroatoms. The lowest BCUT2D eigenvalue weighted by molar-refractivity contribution is 0.216. The van der Waals surface area contributed by atoms with Crippen molar-refractivity contribution >= 4 is 17.4 Å². The number of nitrogens with one attached hydrogen (secondary N) is 1. The van der Waals surface area contributed by atoms with Crippen LogP contribution >= 0.6 is 0 Å². The average Bonchev–Trinajstić information content (AvgIpc) is 2.77. The first-order valence-electron chi connectivity index (χ1n) is 5.97. The van der Waals surface area contributed by atoms with Crippen LogP contribution in [-0.4, -0.2) is 18.0 Å². The Labute approximate surface area is 112 Å². The summed E-state index contributed by atoms with van der Waals surface area (Å²) in [4.78, 5) is 13.5. The molecule has 1 aromatic heterocycles. The molecule has 0 unspecified atom stereocenters. The minimum atomic E-state index is -0.196. The number of anilines is 2. The number of aryl methyl sites for hydroxylation is 1. The van der Waals surface area contributed by atoms with Gasteiger partial charge in [0.2, 0.25) is 0 Å². The number of hydrogen-bond acceptors (Lipinski definition) is 3. The second kappa shape index (κ2) is 5.48. The van der Waals surface area contributed by atoms with Crippen molar-refractivity contribution in [3.8, 4) is 0 Å². The lowest BCUT2D eigenvalue weighted by atomic mass is 10.3. The predicted molar refractivity (Wildman–Crippen MR) is 74.8 cm³/mol. The smallest absolute Gasteiger partial charge is 0.321 e. The highest BCUT2D eigenvalue weighted by atomic mass is 16.3. The third-order valence-corrected chi connectivity index (χ3v) is 2.70. The number of nitrogens with two attached hydrogens (primary N) is 1. The monoisotopic (exact) mass is 259 g/mol. The van der Waals surface area contributed by atoms with Crippen LogP contribution in [0.15, 0.2) is 40.8 Å². The van der Waals surface area contributed by atoms with Gasteiger partial charge >= 0.3 is 6.03 Å². The summed E-state index contributed by atoms with van der Waals surface area (Å²) in [6.07, 6.45) is 0. The second-order valence-electron chi connectivity index (χ2n) is 4.42. The Bertz CT molecular complexity index is 560. The third-order valence-electron chi connectivity index (χ3n) is 2.70. The molecule has 0 saturated heterocycles. The Morgan fingerprint density at radius 1 is 1.26 bits per heavy atom. The number of hydrogen-bond donors (Lipinski definition) is 2. The average molecular weight is 259 g/mol. The van der Waals surface area contributed by atoms with Gasteiger partial charge in [-0.1, -0.05) is 0 Å². The molecule has 100 valence electrons. The Kier molecular flexibility index (Phi) is 3.75. The van der Waals surface area contributed by atoms with E-state index in [2.05, 4.69) is 5.32 Å². The van der Waals surface area contributed by atoms with Gasteiger partial charge in [0, 0.05) is 18.4 Å². The van der Waals surface area contributed by atoms with Gasteiger partial charge in [0.05, 0.1) is 6.54 Å². The van der Waals surface area contributed by atoms with Crippen molar-refractivity contribution in [1.29, 1.82) is 0 Å². The van der Waals surface area contributed by atoms with Crippen molar-refractivity contribution in [1.82, 2.24) is 4.90 Å². The molecule has 1 heterocycles. The fourth-order valence-corrected chi connectivity index (χ4v) is 1.66. The molecule has 5 nitrogen and oxygen atoms in total. The summed E-state index contributed by atoms with van der Waals surface area (Å²) in [5.74, 6) is 1.59. The summed E-state index contributed by atoms with van der Waals surface area (Å²) in [6, 6.07) is 10.6. The molecule has 0 fully saturated rings. The molecule has 0 atom stereocenters. The minimum absolute atomic E-state index is 0.196. The van der Waals surface area contributed by atoms with Crippen molar-refractivity contribution in [3.63, 3.8) is 0 Å². The van der Waals surface area contributed by atoms with Gasteiger partial charge in [0.15, 0.2) is 0 Å². The van der Waals surface area contributed by atoms with Gasteiger partial charge in [-0.2, -0.15) is 0 Å². The highest BCUT2D eigenvalue weighted by molar-refractivity contribution is 5.89. The Balaban J connectivity index is 1.94. The van der Waals surface area contributed by atoms with Crippen LogP contribution in [0, 0.1) is 6.92 Å². The minimum Gasteiger partial charge on any atom is -0.464 e. The second-order valence-corrected chi connectivity index (χ2v) is 4.42. The number of furan rings is 1. The maximum absolute atomic E-state index is 12.0. The summed E-state index contributed by atoms with van der Waals surface area (Å²) in [5, 5.41) is 2.79. The van der Waals surface area contributed by atoms with E-state index in [1.165, 1.54) is 0 Å². The summed E-state index contributed by atoms with van der Waals surface area (Å²) in [7, 11) is 1.71. The highest BCUT2D eigenvalue weighted by Crippen LogP contribution is 2.13. The number of nitrogens with zero attached hydrogens (tertiary/aromatic N) is 1. The Hall–Kier alpha value is -2.43. The Morgan fingerprint density at radius 2 is 1.95 bits per heavy atom. The quantitative estimate of drug-likeness (QED) is 0.832. The predicted octanol–water partition coefficient (Wildman–Crippen LogP) is 2.83.